The largest absolute Gasteiger partial charge is 0.458 e. The average Bonchev–Trinajstić information content (AvgIpc) is 2.65. The van der Waals surface area contributed by atoms with Crippen molar-refractivity contribution in [3.05, 3.63) is 6.61 Å². The Bertz CT molecular complexity index is 105. The van der Waals surface area contributed by atoms with E-state index in [0.717, 1.165) is 0 Å². The molecule has 0 heterocycles. The predicted octanol–water partition coefficient (Wildman–Crippen LogP) is 1.51. The summed E-state index contributed by atoms with van der Waals surface area (Å²) < 4.78 is 4.75. The first-order valence-electron chi connectivity index (χ1n) is 3.35. The van der Waals surface area contributed by atoms with Crippen molar-refractivity contribution in [1.29, 1.82) is 0 Å². The molecule has 1 aliphatic rings. The second-order valence-corrected chi connectivity index (χ2v) is 2.32. The van der Waals surface area contributed by atoms with Crippen LogP contribution >= 0.6 is 0 Å². The Labute approximate surface area is 55.2 Å². The summed E-state index contributed by atoms with van der Waals surface area (Å²) in [4.78, 5) is 10.5. The first-order valence-corrected chi connectivity index (χ1v) is 3.35. The number of carbonyl (C=O) groups excluding carboxylic acids is 1. The van der Waals surface area contributed by atoms with Gasteiger partial charge in [-0.25, -0.2) is 0 Å². The van der Waals surface area contributed by atoms with Crippen LogP contribution < -0.4 is 0 Å². The molecule has 0 saturated heterocycles. The summed E-state index contributed by atoms with van der Waals surface area (Å²) in [5.41, 5.74) is 0. The van der Waals surface area contributed by atoms with Gasteiger partial charge in [0.2, 0.25) is 0 Å². The molecular formula is C7H11O2. The van der Waals surface area contributed by atoms with E-state index in [2.05, 4.69) is 0 Å². The second-order valence-electron chi connectivity index (χ2n) is 2.32. The van der Waals surface area contributed by atoms with E-state index < -0.39 is 0 Å². The van der Waals surface area contributed by atoms with E-state index in [9.17, 15) is 4.79 Å². The van der Waals surface area contributed by atoms with Gasteiger partial charge in [0.15, 0.2) is 0 Å². The van der Waals surface area contributed by atoms with E-state index in [1.165, 1.54) is 12.8 Å². The van der Waals surface area contributed by atoms with E-state index in [1.807, 2.05) is 0 Å². The van der Waals surface area contributed by atoms with Crippen molar-refractivity contribution in [3.63, 3.8) is 0 Å². The Morgan fingerprint density at radius 1 is 1.78 bits per heavy atom. The quantitative estimate of drug-likeness (QED) is 0.537. The van der Waals surface area contributed by atoms with Crippen LogP contribution in [-0.4, -0.2) is 5.97 Å². The van der Waals surface area contributed by atoms with E-state index >= 15 is 0 Å². The standard InChI is InChI=1S/C7H11O2/c1-2-7(8)9-5-6-3-4-6/h5-6H,2-4H2,1H3. The zero-order valence-electron chi connectivity index (χ0n) is 5.59. The smallest absolute Gasteiger partial charge is 0.305 e. The first kappa shape index (κ1) is 6.59. The van der Waals surface area contributed by atoms with E-state index in [4.69, 9.17) is 4.74 Å². The van der Waals surface area contributed by atoms with Crippen LogP contribution in [-0.2, 0) is 9.53 Å². The van der Waals surface area contributed by atoms with Gasteiger partial charge in [0.25, 0.3) is 0 Å². The molecule has 2 nitrogen and oxygen atoms in total. The lowest BCUT2D eigenvalue weighted by atomic mass is 10.4. The van der Waals surface area contributed by atoms with Gasteiger partial charge in [-0.1, -0.05) is 6.92 Å². The zero-order valence-corrected chi connectivity index (χ0v) is 5.59. The third-order valence-corrected chi connectivity index (χ3v) is 1.30. The van der Waals surface area contributed by atoms with Crippen LogP contribution in [0.4, 0.5) is 0 Å². The minimum absolute atomic E-state index is 0.123. The molecule has 0 bridgehead atoms. The summed E-state index contributed by atoms with van der Waals surface area (Å²) in [5, 5.41) is 0. The van der Waals surface area contributed by atoms with Crippen molar-refractivity contribution in [2.75, 3.05) is 0 Å². The molecule has 0 aromatic heterocycles. The van der Waals surface area contributed by atoms with Gasteiger partial charge in [0, 0.05) is 6.42 Å². The minimum Gasteiger partial charge on any atom is -0.458 e. The van der Waals surface area contributed by atoms with Gasteiger partial charge < -0.3 is 4.74 Å². The molecular weight excluding hydrogens is 116 g/mol. The third-order valence-electron chi connectivity index (χ3n) is 1.30. The SMILES string of the molecule is CCC(=O)O[CH]C1CC1. The molecule has 0 aliphatic heterocycles. The molecule has 0 aromatic rings. The highest BCUT2D eigenvalue weighted by Crippen LogP contribution is 2.31. The molecule has 0 atom stereocenters. The number of hydrogen-bond donors (Lipinski definition) is 0. The van der Waals surface area contributed by atoms with Gasteiger partial charge >= 0.3 is 5.97 Å². The fourth-order valence-electron chi connectivity index (χ4n) is 0.488. The van der Waals surface area contributed by atoms with Crippen molar-refractivity contribution < 1.29 is 9.53 Å². The second kappa shape index (κ2) is 2.85. The number of ether oxygens (including phenoxy) is 1. The lowest BCUT2D eigenvalue weighted by molar-refractivity contribution is -0.140. The van der Waals surface area contributed by atoms with Crippen LogP contribution in [0.15, 0.2) is 0 Å². The molecule has 0 amide bonds. The van der Waals surface area contributed by atoms with E-state index in [1.54, 1.807) is 13.5 Å². The van der Waals surface area contributed by atoms with Crippen LogP contribution in [0.1, 0.15) is 26.2 Å². The molecule has 0 unspecified atom stereocenters. The van der Waals surface area contributed by atoms with Crippen LogP contribution in [0.25, 0.3) is 0 Å². The Balaban J connectivity index is 1.96. The van der Waals surface area contributed by atoms with Crippen LogP contribution in [0.5, 0.6) is 0 Å². The highest BCUT2D eigenvalue weighted by molar-refractivity contribution is 5.69. The fraction of sp³-hybridized carbons (Fsp3) is 0.714. The normalized spacial score (nSPS) is 17.4. The number of rotatable bonds is 3. The van der Waals surface area contributed by atoms with Crippen molar-refractivity contribution in [2.24, 2.45) is 5.92 Å². The third kappa shape index (κ3) is 2.49. The molecule has 9 heavy (non-hydrogen) atoms. The maximum Gasteiger partial charge on any atom is 0.305 e. The Hall–Kier alpha value is -0.530. The topological polar surface area (TPSA) is 26.3 Å². The van der Waals surface area contributed by atoms with Gasteiger partial charge in [0.1, 0.15) is 6.61 Å². The Kier molecular flexibility index (Phi) is 2.09. The maximum absolute atomic E-state index is 10.5. The van der Waals surface area contributed by atoms with Crippen LogP contribution in [0, 0.1) is 12.5 Å². The van der Waals surface area contributed by atoms with Crippen molar-refractivity contribution in [3.8, 4) is 0 Å². The lowest BCUT2D eigenvalue weighted by Gasteiger charge is -1.97. The van der Waals surface area contributed by atoms with E-state index in [0.29, 0.717) is 12.3 Å². The lowest BCUT2D eigenvalue weighted by Crippen LogP contribution is -1.99. The number of hydrogen-bond acceptors (Lipinski definition) is 2. The summed E-state index contributed by atoms with van der Waals surface area (Å²) in [6, 6.07) is 0. The molecule has 0 N–H and O–H groups in total. The monoisotopic (exact) mass is 127 g/mol. The van der Waals surface area contributed by atoms with Gasteiger partial charge in [-0.3, -0.25) is 4.79 Å². The van der Waals surface area contributed by atoms with Crippen molar-refractivity contribution in [1.82, 2.24) is 0 Å². The average molecular weight is 127 g/mol. The summed E-state index contributed by atoms with van der Waals surface area (Å²) >= 11 is 0. The first-order chi connectivity index (χ1) is 4.33. The van der Waals surface area contributed by atoms with Crippen LogP contribution in [0.2, 0.25) is 0 Å². The molecule has 0 aromatic carbocycles. The molecule has 1 rings (SSSR count). The molecule has 1 fully saturated rings. The number of carbonyl (C=O) groups is 1. The summed E-state index contributed by atoms with van der Waals surface area (Å²) in [6.07, 6.45) is 2.86. The molecule has 51 valence electrons. The highest BCUT2D eigenvalue weighted by Gasteiger charge is 2.23. The number of esters is 1. The molecule has 2 heteroatoms. The van der Waals surface area contributed by atoms with Gasteiger partial charge in [-0.05, 0) is 18.8 Å². The molecule has 1 saturated carbocycles. The Morgan fingerprint density at radius 3 is 2.89 bits per heavy atom. The summed E-state index contributed by atoms with van der Waals surface area (Å²) in [6.45, 7) is 3.45. The molecule has 0 spiro atoms. The summed E-state index contributed by atoms with van der Waals surface area (Å²) in [7, 11) is 0. The maximum atomic E-state index is 10.5. The highest BCUT2D eigenvalue weighted by atomic mass is 16.5. The van der Waals surface area contributed by atoms with Gasteiger partial charge in [-0.15, -0.1) is 0 Å². The van der Waals surface area contributed by atoms with Gasteiger partial charge in [0.05, 0.1) is 0 Å². The van der Waals surface area contributed by atoms with E-state index in [-0.39, 0.29) is 5.97 Å². The zero-order chi connectivity index (χ0) is 6.69. The predicted molar refractivity (Wildman–Crippen MR) is 33.4 cm³/mol. The van der Waals surface area contributed by atoms with Crippen LogP contribution in [0.3, 0.4) is 0 Å². The minimum atomic E-state index is -0.123. The summed E-state index contributed by atoms with van der Waals surface area (Å²) in [5.74, 6) is 0.447. The van der Waals surface area contributed by atoms with Crippen molar-refractivity contribution >= 4 is 5.97 Å². The molecule has 1 aliphatic carbocycles. The Morgan fingerprint density at radius 2 is 2.44 bits per heavy atom. The van der Waals surface area contributed by atoms with Crippen molar-refractivity contribution in [2.45, 2.75) is 26.2 Å². The molecule has 1 radical (unpaired) electrons. The fourth-order valence-corrected chi connectivity index (χ4v) is 0.488. The van der Waals surface area contributed by atoms with Gasteiger partial charge in [-0.2, -0.15) is 0 Å².